The zero-order chi connectivity index (χ0) is 24.2. The van der Waals surface area contributed by atoms with E-state index in [0.717, 1.165) is 39.0 Å². The summed E-state index contributed by atoms with van der Waals surface area (Å²) in [5, 5.41) is 15.8. The number of aliphatic hydroxyl groups is 1. The molecule has 0 spiro atoms. The minimum atomic E-state index is -0.998. The van der Waals surface area contributed by atoms with Gasteiger partial charge in [0.15, 0.2) is 5.76 Å². The summed E-state index contributed by atoms with van der Waals surface area (Å²) in [4.78, 5) is 31.8. The molecule has 1 aliphatic heterocycles. The molecule has 1 saturated heterocycles. The van der Waals surface area contributed by atoms with Crippen LogP contribution in [0, 0.1) is 5.41 Å². The molecule has 2 aromatic heterocycles. The third-order valence-electron chi connectivity index (χ3n) is 7.41. The number of piperidine rings is 1. The van der Waals surface area contributed by atoms with Gasteiger partial charge in [-0.3, -0.25) is 9.59 Å². The van der Waals surface area contributed by atoms with E-state index in [1.807, 2.05) is 48.2 Å². The van der Waals surface area contributed by atoms with E-state index in [-0.39, 0.29) is 23.0 Å². The topological polar surface area (TPSA) is 95.7 Å². The van der Waals surface area contributed by atoms with Crippen molar-refractivity contribution in [1.29, 1.82) is 0 Å². The van der Waals surface area contributed by atoms with Crippen LogP contribution < -0.4 is 5.32 Å². The highest BCUT2D eigenvalue weighted by Crippen LogP contribution is 2.47. The van der Waals surface area contributed by atoms with E-state index in [2.05, 4.69) is 10.3 Å². The molecule has 2 aromatic carbocycles. The first-order chi connectivity index (χ1) is 16.8. The minimum absolute atomic E-state index is 0.185. The molecule has 2 fully saturated rings. The molecule has 8 heteroatoms. The Labute approximate surface area is 206 Å². The molecule has 2 N–H and O–H groups in total. The molecule has 1 aliphatic carbocycles. The fourth-order valence-electron chi connectivity index (χ4n) is 4.83. The molecule has 0 unspecified atom stereocenters. The van der Waals surface area contributed by atoms with Gasteiger partial charge in [-0.05, 0) is 61.6 Å². The first-order valence-electron chi connectivity index (χ1n) is 12.0. The summed E-state index contributed by atoms with van der Waals surface area (Å²) in [5.41, 5.74) is 1.12. The van der Waals surface area contributed by atoms with Crippen LogP contribution in [0.4, 0.5) is 0 Å². The van der Waals surface area contributed by atoms with E-state index in [1.54, 1.807) is 23.5 Å². The smallest absolute Gasteiger partial charge is 0.287 e. The van der Waals surface area contributed by atoms with Gasteiger partial charge >= 0.3 is 0 Å². The first-order valence-corrected chi connectivity index (χ1v) is 12.8. The summed E-state index contributed by atoms with van der Waals surface area (Å²) >= 11 is 1.55. The van der Waals surface area contributed by atoms with Gasteiger partial charge in [0.25, 0.3) is 5.91 Å². The summed E-state index contributed by atoms with van der Waals surface area (Å²) in [5.74, 6) is 0.135. The molecular weight excluding hydrogens is 462 g/mol. The Morgan fingerprint density at radius 1 is 1.11 bits per heavy atom. The normalized spacial score (nSPS) is 18.6. The van der Waals surface area contributed by atoms with Crippen LogP contribution in [0.2, 0.25) is 0 Å². The first kappa shape index (κ1) is 22.2. The monoisotopic (exact) mass is 489 g/mol. The number of thiazole rings is 1. The van der Waals surface area contributed by atoms with Gasteiger partial charge in [-0.2, -0.15) is 0 Å². The Morgan fingerprint density at radius 2 is 1.89 bits per heavy atom. The summed E-state index contributed by atoms with van der Waals surface area (Å²) < 4.78 is 6.87. The van der Waals surface area contributed by atoms with Crippen LogP contribution >= 0.6 is 11.3 Å². The van der Waals surface area contributed by atoms with E-state index in [0.29, 0.717) is 38.1 Å². The number of likely N-dealkylation sites (tertiary alicyclic amines) is 1. The quantitative estimate of drug-likeness (QED) is 0.428. The second-order valence-electron chi connectivity index (χ2n) is 10.0. The number of hydrogen-bond acceptors (Lipinski definition) is 6. The highest BCUT2D eigenvalue weighted by molar-refractivity contribution is 7.18. The molecule has 7 nitrogen and oxygen atoms in total. The number of carbonyl (C=O) groups excluding carboxylic acids is 2. The van der Waals surface area contributed by atoms with Crippen molar-refractivity contribution in [2.45, 2.75) is 44.8 Å². The number of amides is 2. The van der Waals surface area contributed by atoms with E-state index in [4.69, 9.17) is 4.42 Å². The molecule has 6 rings (SSSR count). The fraction of sp³-hybridized carbons (Fsp3) is 0.370. The number of furan rings is 1. The third kappa shape index (κ3) is 4.10. The SMILES string of the molecule is CC1(C(=O)N2CCC(O)(c3ccc4oc(C(=O)NCc5nc6ccccc6s5)cc4c3)CC2)CC1. The van der Waals surface area contributed by atoms with Crippen LogP contribution in [0.15, 0.2) is 52.9 Å². The number of nitrogens with zero attached hydrogens (tertiary/aromatic N) is 2. The van der Waals surface area contributed by atoms with Crippen molar-refractivity contribution in [1.82, 2.24) is 15.2 Å². The molecule has 180 valence electrons. The van der Waals surface area contributed by atoms with Crippen LogP contribution in [0.5, 0.6) is 0 Å². The zero-order valence-corrected chi connectivity index (χ0v) is 20.4. The molecule has 4 aromatic rings. The molecule has 0 radical (unpaired) electrons. The van der Waals surface area contributed by atoms with E-state index in [1.165, 1.54) is 0 Å². The number of para-hydroxylation sites is 1. The maximum absolute atomic E-state index is 12.7. The molecule has 2 amide bonds. The molecular formula is C27H27N3O4S. The largest absolute Gasteiger partial charge is 0.451 e. The standard InChI is InChI=1S/C27H27N3O4S/c1-26(8-9-26)25(32)30-12-10-27(33,11-13-30)18-6-7-20-17(14-18)15-21(34-20)24(31)28-16-23-29-19-4-2-3-5-22(19)35-23/h2-7,14-15,33H,8-13,16H2,1H3,(H,28,31). The molecule has 2 aliphatic rings. The highest BCUT2D eigenvalue weighted by Gasteiger charge is 2.48. The van der Waals surface area contributed by atoms with Gasteiger partial charge < -0.3 is 19.7 Å². The number of nitrogens with one attached hydrogen (secondary N) is 1. The van der Waals surface area contributed by atoms with E-state index < -0.39 is 5.60 Å². The fourth-order valence-corrected chi connectivity index (χ4v) is 5.74. The molecule has 0 atom stereocenters. The highest BCUT2D eigenvalue weighted by atomic mass is 32.1. The van der Waals surface area contributed by atoms with Crippen molar-refractivity contribution < 1.29 is 19.1 Å². The Balaban J connectivity index is 1.14. The van der Waals surface area contributed by atoms with Crippen molar-refractivity contribution in [2.24, 2.45) is 5.41 Å². The van der Waals surface area contributed by atoms with Crippen molar-refractivity contribution in [3.8, 4) is 0 Å². The molecule has 35 heavy (non-hydrogen) atoms. The number of hydrogen-bond donors (Lipinski definition) is 2. The maximum atomic E-state index is 12.7. The Morgan fingerprint density at radius 3 is 2.63 bits per heavy atom. The van der Waals surface area contributed by atoms with Gasteiger partial charge in [0.1, 0.15) is 10.6 Å². The van der Waals surface area contributed by atoms with Crippen molar-refractivity contribution in [3.05, 3.63) is 64.9 Å². The van der Waals surface area contributed by atoms with Gasteiger partial charge in [-0.25, -0.2) is 4.98 Å². The van der Waals surface area contributed by atoms with Crippen LogP contribution in [0.25, 0.3) is 21.2 Å². The van der Waals surface area contributed by atoms with Crippen LogP contribution in [0.3, 0.4) is 0 Å². The lowest BCUT2D eigenvalue weighted by Crippen LogP contribution is -2.47. The predicted octanol–water partition coefficient (Wildman–Crippen LogP) is 4.58. The lowest BCUT2D eigenvalue weighted by atomic mass is 9.83. The molecule has 1 saturated carbocycles. The van der Waals surface area contributed by atoms with Gasteiger partial charge in [-0.15, -0.1) is 11.3 Å². The van der Waals surface area contributed by atoms with Gasteiger partial charge in [0.2, 0.25) is 5.91 Å². The minimum Gasteiger partial charge on any atom is -0.451 e. The maximum Gasteiger partial charge on any atom is 0.287 e. The molecule has 3 heterocycles. The molecule has 0 bridgehead atoms. The number of aromatic nitrogens is 1. The summed E-state index contributed by atoms with van der Waals surface area (Å²) in [7, 11) is 0. The van der Waals surface area contributed by atoms with Gasteiger partial charge in [0.05, 0.1) is 22.4 Å². The number of fused-ring (bicyclic) bond motifs is 2. The summed E-state index contributed by atoms with van der Waals surface area (Å²) in [6, 6.07) is 15.1. The summed E-state index contributed by atoms with van der Waals surface area (Å²) in [6.07, 6.45) is 2.90. The van der Waals surface area contributed by atoms with Crippen molar-refractivity contribution in [2.75, 3.05) is 13.1 Å². The second kappa shape index (κ2) is 8.17. The lowest BCUT2D eigenvalue weighted by molar-refractivity contribution is -0.141. The number of rotatable bonds is 5. The van der Waals surface area contributed by atoms with Crippen LogP contribution in [-0.2, 0) is 16.9 Å². The summed E-state index contributed by atoms with van der Waals surface area (Å²) in [6.45, 7) is 3.45. The van der Waals surface area contributed by atoms with E-state index >= 15 is 0 Å². The number of benzene rings is 2. The van der Waals surface area contributed by atoms with Crippen molar-refractivity contribution in [3.63, 3.8) is 0 Å². The average molecular weight is 490 g/mol. The van der Waals surface area contributed by atoms with Crippen molar-refractivity contribution >= 4 is 44.3 Å². The Kier molecular flexibility index (Phi) is 5.19. The lowest BCUT2D eigenvalue weighted by Gasteiger charge is -2.39. The zero-order valence-electron chi connectivity index (χ0n) is 19.5. The Hall–Kier alpha value is -3.23. The van der Waals surface area contributed by atoms with E-state index in [9.17, 15) is 14.7 Å². The van der Waals surface area contributed by atoms with Gasteiger partial charge in [0, 0.05) is 23.9 Å². The average Bonchev–Trinajstić information content (AvgIpc) is 3.29. The second-order valence-corrected chi connectivity index (χ2v) is 11.1. The van der Waals surface area contributed by atoms with Crippen LogP contribution in [0.1, 0.15) is 53.7 Å². The number of carbonyl (C=O) groups is 2. The van der Waals surface area contributed by atoms with Crippen LogP contribution in [-0.4, -0.2) is 39.9 Å². The predicted molar refractivity (Wildman–Crippen MR) is 134 cm³/mol. The van der Waals surface area contributed by atoms with Gasteiger partial charge in [-0.1, -0.05) is 25.1 Å². The third-order valence-corrected chi connectivity index (χ3v) is 8.45. The Bertz CT molecular complexity index is 1410.